The molecule has 1 fully saturated rings. The van der Waals surface area contributed by atoms with Crippen molar-refractivity contribution in [3.63, 3.8) is 0 Å². The second-order valence-electron chi connectivity index (χ2n) is 6.28. The smallest absolute Gasteiger partial charge is 0.254 e. The number of ether oxygens (including phenoxy) is 1. The second kappa shape index (κ2) is 8.49. The van der Waals surface area contributed by atoms with E-state index in [0.717, 1.165) is 5.56 Å². The van der Waals surface area contributed by atoms with E-state index in [2.05, 4.69) is 5.32 Å². The van der Waals surface area contributed by atoms with Crippen LogP contribution in [0, 0.1) is 0 Å². The largest absolute Gasteiger partial charge is 0.399 e. The highest BCUT2D eigenvalue weighted by atomic mass is 16.5. The van der Waals surface area contributed by atoms with Crippen molar-refractivity contribution in [3.05, 3.63) is 59.7 Å². The topological polar surface area (TPSA) is 84.7 Å². The number of rotatable bonds is 5. The van der Waals surface area contributed by atoms with Gasteiger partial charge in [-0.25, -0.2) is 0 Å². The fourth-order valence-electron chi connectivity index (χ4n) is 2.84. The predicted molar refractivity (Wildman–Crippen MR) is 101 cm³/mol. The highest BCUT2D eigenvalue weighted by Crippen LogP contribution is 2.15. The van der Waals surface area contributed by atoms with Crippen LogP contribution in [0.5, 0.6) is 0 Å². The normalized spacial score (nSPS) is 14.1. The van der Waals surface area contributed by atoms with Gasteiger partial charge in [-0.1, -0.05) is 18.2 Å². The summed E-state index contributed by atoms with van der Waals surface area (Å²) in [4.78, 5) is 26.5. The summed E-state index contributed by atoms with van der Waals surface area (Å²) in [5.41, 5.74) is 8.63. The van der Waals surface area contributed by atoms with Crippen molar-refractivity contribution in [3.8, 4) is 0 Å². The SMILES string of the molecule is Nc1ccc(CCC(=O)Nc2cccc(C(=O)N3CCOCC3)c2)cc1. The molecule has 1 aliphatic rings. The van der Waals surface area contributed by atoms with Gasteiger partial charge in [0, 0.05) is 36.4 Å². The Morgan fingerprint density at radius 1 is 1.08 bits per heavy atom. The fraction of sp³-hybridized carbons (Fsp3) is 0.300. The molecule has 0 aliphatic carbocycles. The van der Waals surface area contributed by atoms with Crippen LogP contribution in [-0.2, 0) is 16.0 Å². The molecule has 2 amide bonds. The molecule has 3 rings (SSSR count). The van der Waals surface area contributed by atoms with Crippen LogP contribution in [0.3, 0.4) is 0 Å². The lowest BCUT2D eigenvalue weighted by Crippen LogP contribution is -2.40. The van der Waals surface area contributed by atoms with E-state index in [0.29, 0.717) is 56.1 Å². The molecule has 2 aromatic rings. The molecule has 0 bridgehead atoms. The van der Waals surface area contributed by atoms with Crippen LogP contribution < -0.4 is 11.1 Å². The number of hydrogen-bond donors (Lipinski definition) is 2. The molecule has 2 aromatic carbocycles. The van der Waals surface area contributed by atoms with Crippen molar-refractivity contribution in [1.29, 1.82) is 0 Å². The summed E-state index contributed by atoms with van der Waals surface area (Å²) in [6.07, 6.45) is 1.00. The van der Waals surface area contributed by atoms with Gasteiger partial charge in [0.1, 0.15) is 0 Å². The maximum absolute atomic E-state index is 12.5. The van der Waals surface area contributed by atoms with Crippen molar-refractivity contribution in [2.45, 2.75) is 12.8 Å². The van der Waals surface area contributed by atoms with Crippen molar-refractivity contribution in [2.24, 2.45) is 0 Å². The van der Waals surface area contributed by atoms with Crippen LogP contribution in [0.1, 0.15) is 22.3 Å². The molecule has 3 N–H and O–H groups in total. The molecule has 1 saturated heterocycles. The monoisotopic (exact) mass is 353 g/mol. The van der Waals surface area contributed by atoms with Crippen molar-refractivity contribution < 1.29 is 14.3 Å². The van der Waals surface area contributed by atoms with Crippen LogP contribution in [0.15, 0.2) is 48.5 Å². The van der Waals surface area contributed by atoms with Gasteiger partial charge in [0.25, 0.3) is 5.91 Å². The predicted octanol–water partition coefficient (Wildman–Crippen LogP) is 2.31. The molecular formula is C20H23N3O3. The Bertz CT molecular complexity index is 768. The number of nitrogens with one attached hydrogen (secondary N) is 1. The highest BCUT2D eigenvalue weighted by molar-refractivity contribution is 5.97. The van der Waals surface area contributed by atoms with E-state index in [9.17, 15) is 9.59 Å². The number of carbonyl (C=O) groups excluding carboxylic acids is 2. The van der Waals surface area contributed by atoms with Gasteiger partial charge in [0.15, 0.2) is 0 Å². The molecule has 6 nitrogen and oxygen atoms in total. The second-order valence-corrected chi connectivity index (χ2v) is 6.28. The average molecular weight is 353 g/mol. The van der Waals surface area contributed by atoms with Gasteiger partial charge in [0.05, 0.1) is 13.2 Å². The lowest BCUT2D eigenvalue weighted by atomic mass is 10.1. The molecular weight excluding hydrogens is 330 g/mol. The Hall–Kier alpha value is -2.86. The van der Waals surface area contributed by atoms with Crippen molar-refractivity contribution >= 4 is 23.2 Å². The Morgan fingerprint density at radius 2 is 1.81 bits per heavy atom. The van der Waals surface area contributed by atoms with Crippen LogP contribution in [0.25, 0.3) is 0 Å². The van der Waals surface area contributed by atoms with Gasteiger partial charge in [0.2, 0.25) is 5.91 Å². The molecule has 0 spiro atoms. The molecule has 0 aromatic heterocycles. The number of hydrogen-bond acceptors (Lipinski definition) is 4. The number of morpholine rings is 1. The van der Waals surface area contributed by atoms with Gasteiger partial charge in [-0.2, -0.15) is 0 Å². The third-order valence-corrected chi connectivity index (χ3v) is 4.31. The van der Waals surface area contributed by atoms with Crippen LogP contribution in [-0.4, -0.2) is 43.0 Å². The number of benzene rings is 2. The Labute approximate surface area is 152 Å². The third kappa shape index (κ3) is 4.83. The molecule has 26 heavy (non-hydrogen) atoms. The number of amides is 2. The zero-order chi connectivity index (χ0) is 18.4. The van der Waals surface area contributed by atoms with Crippen LogP contribution >= 0.6 is 0 Å². The van der Waals surface area contributed by atoms with E-state index in [4.69, 9.17) is 10.5 Å². The molecule has 1 aliphatic heterocycles. The molecule has 0 radical (unpaired) electrons. The quantitative estimate of drug-likeness (QED) is 0.808. The molecule has 136 valence electrons. The molecule has 1 heterocycles. The number of nitrogens with two attached hydrogens (primary N) is 1. The summed E-state index contributed by atoms with van der Waals surface area (Å²) in [6.45, 7) is 2.31. The van der Waals surface area contributed by atoms with E-state index < -0.39 is 0 Å². The maximum Gasteiger partial charge on any atom is 0.254 e. The summed E-state index contributed by atoms with van der Waals surface area (Å²) in [7, 11) is 0. The summed E-state index contributed by atoms with van der Waals surface area (Å²) in [5.74, 6) is -0.121. The first-order valence-electron chi connectivity index (χ1n) is 8.73. The zero-order valence-electron chi connectivity index (χ0n) is 14.6. The van der Waals surface area contributed by atoms with E-state index in [1.54, 1.807) is 29.2 Å². The standard InChI is InChI=1S/C20H23N3O3/c21-17-7-4-15(5-8-17)6-9-19(24)22-18-3-1-2-16(14-18)20(25)23-10-12-26-13-11-23/h1-5,7-8,14H,6,9-13,21H2,(H,22,24). The first-order chi connectivity index (χ1) is 12.6. The van der Waals surface area contributed by atoms with Crippen LogP contribution in [0.2, 0.25) is 0 Å². The Balaban J connectivity index is 1.56. The number of nitrogens with zero attached hydrogens (tertiary/aromatic N) is 1. The summed E-state index contributed by atoms with van der Waals surface area (Å²) < 4.78 is 5.27. The minimum absolute atomic E-state index is 0.0359. The molecule has 0 saturated carbocycles. The summed E-state index contributed by atoms with van der Waals surface area (Å²) in [5, 5.41) is 2.86. The average Bonchev–Trinajstić information content (AvgIpc) is 2.68. The minimum atomic E-state index is -0.0854. The fourth-order valence-corrected chi connectivity index (χ4v) is 2.84. The van der Waals surface area contributed by atoms with E-state index in [-0.39, 0.29) is 11.8 Å². The van der Waals surface area contributed by atoms with Gasteiger partial charge in [-0.05, 0) is 42.3 Å². The zero-order valence-corrected chi connectivity index (χ0v) is 14.6. The Morgan fingerprint density at radius 3 is 2.54 bits per heavy atom. The maximum atomic E-state index is 12.5. The molecule has 0 atom stereocenters. The van der Waals surface area contributed by atoms with Crippen LogP contribution in [0.4, 0.5) is 11.4 Å². The van der Waals surface area contributed by atoms with E-state index in [1.807, 2.05) is 24.3 Å². The minimum Gasteiger partial charge on any atom is -0.399 e. The van der Waals surface area contributed by atoms with Gasteiger partial charge in [-0.15, -0.1) is 0 Å². The third-order valence-electron chi connectivity index (χ3n) is 4.31. The summed E-state index contributed by atoms with van der Waals surface area (Å²) in [6, 6.07) is 14.6. The number of carbonyl (C=O) groups is 2. The van der Waals surface area contributed by atoms with Gasteiger partial charge in [-0.3, -0.25) is 9.59 Å². The lowest BCUT2D eigenvalue weighted by molar-refractivity contribution is -0.116. The Kier molecular flexibility index (Phi) is 5.86. The molecule has 0 unspecified atom stereocenters. The van der Waals surface area contributed by atoms with E-state index in [1.165, 1.54) is 0 Å². The lowest BCUT2D eigenvalue weighted by Gasteiger charge is -2.27. The van der Waals surface area contributed by atoms with Gasteiger partial charge >= 0.3 is 0 Å². The first kappa shape index (κ1) is 17.9. The summed E-state index contributed by atoms with van der Waals surface area (Å²) >= 11 is 0. The van der Waals surface area contributed by atoms with Crippen molar-refractivity contribution in [2.75, 3.05) is 37.4 Å². The first-order valence-corrected chi connectivity index (χ1v) is 8.73. The van der Waals surface area contributed by atoms with E-state index >= 15 is 0 Å². The number of anilines is 2. The number of aryl methyl sites for hydroxylation is 1. The number of nitrogen functional groups attached to an aromatic ring is 1. The van der Waals surface area contributed by atoms with Gasteiger partial charge < -0.3 is 20.7 Å². The molecule has 6 heteroatoms. The van der Waals surface area contributed by atoms with Crippen molar-refractivity contribution in [1.82, 2.24) is 4.90 Å². The highest BCUT2D eigenvalue weighted by Gasteiger charge is 2.18.